The van der Waals surface area contributed by atoms with Gasteiger partial charge in [0, 0.05) is 0 Å². The average molecular weight is 557 g/mol. The van der Waals surface area contributed by atoms with Crippen LogP contribution in [0.1, 0.15) is 80.9 Å². The van der Waals surface area contributed by atoms with Crippen molar-refractivity contribution in [3.63, 3.8) is 0 Å². The fourth-order valence-electron chi connectivity index (χ4n) is 7.40. The molecule has 2 aliphatic carbocycles. The van der Waals surface area contributed by atoms with Gasteiger partial charge in [-0.1, -0.05) is 130 Å². The van der Waals surface area contributed by atoms with Crippen LogP contribution in [0.25, 0.3) is 0 Å². The van der Waals surface area contributed by atoms with Crippen LogP contribution in [0, 0.1) is 11.8 Å². The summed E-state index contributed by atoms with van der Waals surface area (Å²) in [5, 5.41) is -0.421. The molecule has 0 N–H and O–H groups in total. The lowest BCUT2D eigenvalue weighted by Crippen LogP contribution is -2.40. The van der Waals surface area contributed by atoms with Crippen molar-refractivity contribution in [2.75, 3.05) is 6.61 Å². The molecule has 1 aliphatic heterocycles. The van der Waals surface area contributed by atoms with Crippen molar-refractivity contribution in [1.29, 1.82) is 0 Å². The molecule has 0 unspecified atom stereocenters. The molecular formula is C35H42BClO3. The van der Waals surface area contributed by atoms with E-state index in [2.05, 4.69) is 72.8 Å². The van der Waals surface area contributed by atoms with Gasteiger partial charge in [0.25, 0.3) is 0 Å². The molecule has 1 saturated heterocycles. The van der Waals surface area contributed by atoms with Gasteiger partial charge in [-0.3, -0.25) is 0 Å². The van der Waals surface area contributed by atoms with E-state index < -0.39 is 18.0 Å². The van der Waals surface area contributed by atoms with Crippen LogP contribution in [-0.2, 0) is 19.6 Å². The summed E-state index contributed by atoms with van der Waals surface area (Å²) in [4.78, 5) is 0. The van der Waals surface area contributed by atoms with Crippen molar-refractivity contribution >= 4 is 18.7 Å². The van der Waals surface area contributed by atoms with E-state index in [4.69, 9.17) is 25.6 Å². The summed E-state index contributed by atoms with van der Waals surface area (Å²) in [6, 6.07) is 31.4. The Morgan fingerprint density at radius 3 is 1.38 bits per heavy atom. The summed E-state index contributed by atoms with van der Waals surface area (Å²) in [6.45, 7) is 0.305. The van der Waals surface area contributed by atoms with Gasteiger partial charge in [-0.15, -0.1) is 11.6 Å². The van der Waals surface area contributed by atoms with Crippen molar-refractivity contribution in [2.24, 2.45) is 11.8 Å². The normalized spacial score (nSPS) is 23.8. The minimum absolute atomic E-state index is 0.150. The maximum atomic E-state index is 7.19. The monoisotopic (exact) mass is 556 g/mol. The van der Waals surface area contributed by atoms with E-state index in [1.807, 2.05) is 18.2 Å². The van der Waals surface area contributed by atoms with Gasteiger partial charge in [0.1, 0.15) is 5.60 Å². The number of alkyl halides is 1. The molecule has 6 rings (SSSR count). The van der Waals surface area contributed by atoms with Gasteiger partial charge in [-0.25, -0.2) is 0 Å². The van der Waals surface area contributed by atoms with Gasteiger partial charge >= 0.3 is 7.12 Å². The van der Waals surface area contributed by atoms with Crippen molar-refractivity contribution in [2.45, 2.75) is 87.3 Å². The Morgan fingerprint density at radius 2 is 1.00 bits per heavy atom. The Balaban J connectivity index is 1.27. The molecular weight excluding hydrogens is 515 g/mol. The first-order valence-electron chi connectivity index (χ1n) is 15.5. The Hall–Kier alpha value is -2.11. The standard InChI is InChI=1S/C35H42BClO3/c37-32(36-39-33(27-16-6-1-7-17-27)34(40-36)28-18-8-2-9-19-28)26-38-35(29-20-10-3-11-21-29,30-22-12-4-13-23-30)31-24-14-5-15-25-31/h3-5,10-15,20-25,27-28,32-34H,1-2,6-9,16-19,26H2/t32-,33-,34-/m1/s1. The summed E-state index contributed by atoms with van der Waals surface area (Å²) in [5.74, 6) is 1.15. The lowest BCUT2D eigenvalue weighted by Gasteiger charge is -2.36. The Bertz CT molecular complexity index is 1040. The number of ether oxygens (including phenoxy) is 1. The second-order valence-corrected chi connectivity index (χ2v) is 12.5. The van der Waals surface area contributed by atoms with Crippen LogP contribution >= 0.6 is 11.6 Å². The zero-order valence-corrected chi connectivity index (χ0v) is 24.3. The van der Waals surface area contributed by atoms with Crippen LogP contribution in [-0.4, -0.2) is 31.2 Å². The largest absolute Gasteiger partial charge is 0.479 e. The number of hydrogen-bond acceptors (Lipinski definition) is 3. The van der Waals surface area contributed by atoms with Crippen LogP contribution in [0.2, 0.25) is 0 Å². The van der Waals surface area contributed by atoms with Gasteiger partial charge in [0.15, 0.2) is 0 Å². The zero-order chi connectivity index (χ0) is 27.2. The highest BCUT2D eigenvalue weighted by molar-refractivity contribution is 6.59. The van der Waals surface area contributed by atoms with Crippen molar-refractivity contribution in [3.8, 4) is 0 Å². The summed E-state index contributed by atoms with van der Waals surface area (Å²) >= 11 is 7.19. The van der Waals surface area contributed by atoms with Gasteiger partial charge < -0.3 is 14.0 Å². The first kappa shape index (κ1) is 28.0. The number of rotatable bonds is 9. The molecule has 3 atom stereocenters. The van der Waals surface area contributed by atoms with E-state index in [1.54, 1.807) is 0 Å². The summed E-state index contributed by atoms with van der Waals surface area (Å²) in [5.41, 5.74) is 2.42. The molecule has 0 amide bonds. The molecule has 5 heteroatoms. The molecule has 2 saturated carbocycles. The maximum absolute atomic E-state index is 7.19. The second kappa shape index (κ2) is 13.3. The number of halogens is 1. The predicted molar refractivity (Wildman–Crippen MR) is 163 cm³/mol. The Morgan fingerprint density at radius 1 is 0.625 bits per heavy atom. The summed E-state index contributed by atoms with van der Waals surface area (Å²) in [6.07, 6.45) is 13.2. The van der Waals surface area contributed by atoms with Gasteiger partial charge in [-0.05, 0) is 54.2 Å². The molecule has 3 fully saturated rings. The van der Waals surface area contributed by atoms with Crippen molar-refractivity contribution < 1.29 is 14.0 Å². The van der Waals surface area contributed by atoms with Gasteiger partial charge in [0.2, 0.25) is 0 Å². The first-order chi connectivity index (χ1) is 19.8. The molecule has 3 aliphatic rings. The average Bonchev–Trinajstić information content (AvgIpc) is 3.50. The SMILES string of the molecule is Cl[C@H](COC(c1ccccc1)(c1ccccc1)c1ccccc1)B1O[C@H](C2CCCCC2)[C@@H](C2CCCCC2)O1. The third-order valence-corrected chi connectivity index (χ3v) is 9.76. The van der Waals surface area contributed by atoms with Crippen LogP contribution < -0.4 is 0 Å². The van der Waals surface area contributed by atoms with Gasteiger partial charge in [0.05, 0.1) is 24.1 Å². The number of benzene rings is 3. The third kappa shape index (κ3) is 5.92. The van der Waals surface area contributed by atoms with Gasteiger partial charge in [-0.2, -0.15) is 0 Å². The fraction of sp³-hybridized carbons (Fsp3) is 0.486. The molecule has 1 heterocycles. The highest BCUT2D eigenvalue weighted by Crippen LogP contribution is 2.43. The zero-order valence-electron chi connectivity index (χ0n) is 23.5. The second-order valence-electron chi connectivity index (χ2n) is 12.0. The summed E-state index contributed by atoms with van der Waals surface area (Å²) in [7, 11) is -0.458. The smallest absolute Gasteiger partial charge is 0.404 e. The minimum Gasteiger partial charge on any atom is -0.404 e. The van der Waals surface area contributed by atoms with Crippen LogP contribution in [0.5, 0.6) is 0 Å². The molecule has 0 bridgehead atoms. The highest BCUT2D eigenvalue weighted by atomic mass is 35.5. The fourth-order valence-corrected chi connectivity index (χ4v) is 7.58. The maximum Gasteiger partial charge on any atom is 0.479 e. The minimum atomic E-state index is -0.804. The van der Waals surface area contributed by atoms with Crippen molar-refractivity contribution in [1.82, 2.24) is 0 Å². The molecule has 0 radical (unpaired) electrons. The molecule has 3 aromatic carbocycles. The van der Waals surface area contributed by atoms with Crippen molar-refractivity contribution in [3.05, 3.63) is 108 Å². The topological polar surface area (TPSA) is 27.7 Å². The lowest BCUT2D eigenvalue weighted by molar-refractivity contribution is 0.0163. The van der Waals surface area contributed by atoms with E-state index in [-0.39, 0.29) is 12.2 Å². The molecule has 0 spiro atoms. The quantitative estimate of drug-likeness (QED) is 0.150. The Labute approximate surface area is 245 Å². The van der Waals surface area contributed by atoms with Crippen LogP contribution in [0.15, 0.2) is 91.0 Å². The van der Waals surface area contributed by atoms with Crippen LogP contribution in [0.3, 0.4) is 0 Å². The lowest BCUT2D eigenvalue weighted by atomic mass is 9.77. The molecule has 210 valence electrons. The third-order valence-electron chi connectivity index (χ3n) is 9.43. The van der Waals surface area contributed by atoms with E-state index in [0.29, 0.717) is 18.4 Å². The van der Waals surface area contributed by atoms with E-state index in [0.717, 1.165) is 16.7 Å². The predicted octanol–water partition coefficient (Wildman–Crippen LogP) is 8.57. The molecule has 3 aromatic rings. The molecule has 3 nitrogen and oxygen atoms in total. The van der Waals surface area contributed by atoms with E-state index in [9.17, 15) is 0 Å². The highest BCUT2D eigenvalue weighted by Gasteiger charge is 2.50. The van der Waals surface area contributed by atoms with Crippen LogP contribution in [0.4, 0.5) is 0 Å². The Kier molecular flexibility index (Phi) is 9.29. The van der Waals surface area contributed by atoms with E-state index in [1.165, 1.54) is 64.2 Å². The molecule has 40 heavy (non-hydrogen) atoms. The number of hydrogen-bond donors (Lipinski definition) is 0. The molecule has 0 aromatic heterocycles. The first-order valence-corrected chi connectivity index (χ1v) is 15.9. The summed E-state index contributed by atoms with van der Waals surface area (Å²) < 4.78 is 20.6. The van der Waals surface area contributed by atoms with E-state index >= 15 is 0 Å².